The average Bonchev–Trinajstić information content (AvgIpc) is 3.59. The van der Waals surface area contributed by atoms with Crippen molar-refractivity contribution in [1.82, 2.24) is 0 Å². The molecule has 3 aliphatic rings. The lowest BCUT2D eigenvalue weighted by atomic mass is 9.67. The van der Waals surface area contributed by atoms with Crippen LogP contribution in [-0.2, 0) is 10.8 Å². The molecule has 0 bridgehead atoms. The number of fused-ring (bicyclic) bond motifs is 12. The van der Waals surface area contributed by atoms with Gasteiger partial charge in [0.15, 0.2) is 0 Å². The number of benzene rings is 7. The van der Waals surface area contributed by atoms with E-state index in [2.05, 4.69) is 171 Å². The van der Waals surface area contributed by atoms with Crippen molar-refractivity contribution in [1.29, 1.82) is 0 Å². The van der Waals surface area contributed by atoms with Crippen LogP contribution in [0.1, 0.15) is 45.9 Å². The van der Waals surface area contributed by atoms with Crippen molar-refractivity contribution in [2.75, 3.05) is 0 Å². The largest absolute Gasteiger partial charge is 0.457 e. The van der Waals surface area contributed by atoms with Crippen LogP contribution in [0.2, 0.25) is 0 Å². The van der Waals surface area contributed by atoms with Gasteiger partial charge in [-0.2, -0.15) is 0 Å². The highest BCUT2D eigenvalue weighted by Gasteiger charge is 2.51. The third-order valence-corrected chi connectivity index (χ3v) is 10.8. The van der Waals surface area contributed by atoms with Gasteiger partial charge in [0, 0.05) is 11.1 Å². The van der Waals surface area contributed by atoms with Crippen LogP contribution < -0.4 is 4.74 Å². The normalized spacial score (nSPS) is 17.2. The monoisotopic (exact) mass is 586 g/mol. The van der Waals surface area contributed by atoms with E-state index in [0.717, 1.165) is 11.5 Å². The van der Waals surface area contributed by atoms with E-state index in [1.807, 2.05) is 0 Å². The molecule has 10 rings (SSSR count). The third kappa shape index (κ3) is 3.10. The molecule has 1 spiro atoms. The molecule has 1 heteroatoms. The van der Waals surface area contributed by atoms with E-state index < -0.39 is 5.41 Å². The van der Waals surface area contributed by atoms with Crippen LogP contribution in [0, 0.1) is 0 Å². The zero-order valence-electron chi connectivity index (χ0n) is 25.5. The van der Waals surface area contributed by atoms with Crippen molar-refractivity contribution in [2.45, 2.75) is 17.8 Å². The maximum Gasteiger partial charge on any atom is 0.132 e. The summed E-state index contributed by atoms with van der Waals surface area (Å²) in [6.45, 7) is 2.36. The molecule has 1 atom stereocenters. The van der Waals surface area contributed by atoms with E-state index in [4.69, 9.17) is 4.74 Å². The fourth-order valence-corrected chi connectivity index (χ4v) is 8.93. The van der Waals surface area contributed by atoms with Crippen molar-refractivity contribution in [3.05, 3.63) is 203 Å². The highest BCUT2D eigenvalue weighted by atomic mass is 16.5. The Labute approximate surface area is 269 Å². The molecular weight excluding hydrogens is 556 g/mol. The number of hydrogen-bond donors (Lipinski definition) is 0. The number of rotatable bonds is 2. The quantitative estimate of drug-likeness (QED) is 0.196. The van der Waals surface area contributed by atoms with Crippen LogP contribution >= 0.6 is 0 Å². The molecule has 0 saturated heterocycles. The molecule has 0 radical (unpaired) electrons. The van der Waals surface area contributed by atoms with Gasteiger partial charge < -0.3 is 4.74 Å². The van der Waals surface area contributed by atoms with Gasteiger partial charge in [-0.25, -0.2) is 0 Å². The number of hydrogen-bond acceptors (Lipinski definition) is 1. The van der Waals surface area contributed by atoms with Gasteiger partial charge in [-0.05, 0) is 86.3 Å². The van der Waals surface area contributed by atoms with Gasteiger partial charge in [0.05, 0.1) is 10.8 Å². The van der Waals surface area contributed by atoms with E-state index in [0.29, 0.717) is 0 Å². The van der Waals surface area contributed by atoms with E-state index in [9.17, 15) is 0 Å². The zero-order valence-corrected chi connectivity index (χ0v) is 25.5. The Morgan fingerprint density at radius 3 is 1.57 bits per heavy atom. The Morgan fingerprint density at radius 2 is 0.891 bits per heavy atom. The summed E-state index contributed by atoms with van der Waals surface area (Å²) >= 11 is 0. The predicted molar refractivity (Wildman–Crippen MR) is 187 cm³/mol. The molecule has 216 valence electrons. The lowest BCUT2D eigenvalue weighted by molar-refractivity contribution is 0.428. The van der Waals surface area contributed by atoms with Crippen molar-refractivity contribution in [2.24, 2.45) is 0 Å². The van der Waals surface area contributed by atoms with Crippen LogP contribution in [-0.4, -0.2) is 0 Å². The van der Waals surface area contributed by atoms with Gasteiger partial charge in [0.25, 0.3) is 0 Å². The van der Waals surface area contributed by atoms with E-state index >= 15 is 0 Å². The molecule has 0 amide bonds. The highest BCUT2D eigenvalue weighted by Crippen LogP contribution is 2.63. The van der Waals surface area contributed by atoms with E-state index in [-0.39, 0.29) is 5.41 Å². The molecule has 46 heavy (non-hydrogen) atoms. The van der Waals surface area contributed by atoms with Crippen molar-refractivity contribution in [3.63, 3.8) is 0 Å². The van der Waals surface area contributed by atoms with Crippen LogP contribution in [0.3, 0.4) is 0 Å². The molecule has 1 unspecified atom stereocenters. The Balaban J connectivity index is 1.25. The molecular formula is C45H30O. The molecule has 0 saturated carbocycles. The molecule has 1 heterocycles. The summed E-state index contributed by atoms with van der Waals surface area (Å²) in [6, 6.07) is 60.1. The van der Waals surface area contributed by atoms with Crippen molar-refractivity contribution in [3.8, 4) is 44.9 Å². The SMILES string of the molecule is CC1(c2ccccc2)c2ccccc2Oc2cccc(-c3ccc4c(c3)-c3ccccc3C43c4ccccc4-c4ccccc43)c21. The Morgan fingerprint density at radius 1 is 0.391 bits per heavy atom. The fraction of sp³-hybridized carbons (Fsp3) is 0.0667. The molecule has 0 N–H and O–H groups in total. The Bertz CT molecular complexity index is 2320. The van der Waals surface area contributed by atoms with Gasteiger partial charge in [-0.1, -0.05) is 146 Å². The van der Waals surface area contributed by atoms with Gasteiger partial charge in [-0.15, -0.1) is 0 Å². The summed E-state index contributed by atoms with van der Waals surface area (Å²) in [7, 11) is 0. The lowest BCUT2D eigenvalue weighted by Crippen LogP contribution is -2.30. The second-order valence-corrected chi connectivity index (χ2v) is 12.9. The minimum atomic E-state index is -0.399. The van der Waals surface area contributed by atoms with Gasteiger partial charge in [-0.3, -0.25) is 0 Å². The summed E-state index contributed by atoms with van der Waals surface area (Å²) in [6.07, 6.45) is 0. The first kappa shape index (κ1) is 25.6. The smallest absolute Gasteiger partial charge is 0.132 e. The van der Waals surface area contributed by atoms with E-state index in [1.54, 1.807) is 0 Å². The summed E-state index contributed by atoms with van der Waals surface area (Å²) in [4.78, 5) is 0. The molecule has 0 aromatic heterocycles. The summed E-state index contributed by atoms with van der Waals surface area (Å²) in [5, 5.41) is 0. The number of para-hydroxylation sites is 1. The first-order valence-electron chi connectivity index (χ1n) is 16.1. The molecule has 1 aliphatic heterocycles. The Hall–Kier alpha value is -5.66. The minimum Gasteiger partial charge on any atom is -0.457 e. The topological polar surface area (TPSA) is 9.23 Å². The number of ether oxygens (including phenoxy) is 1. The van der Waals surface area contributed by atoms with E-state index in [1.165, 1.54) is 72.3 Å². The van der Waals surface area contributed by atoms with Gasteiger partial charge in [0.1, 0.15) is 11.5 Å². The van der Waals surface area contributed by atoms with Crippen LogP contribution in [0.25, 0.3) is 33.4 Å². The molecule has 7 aromatic rings. The standard InChI is InChI=1S/C45H30O/c1-44(30-14-3-2-4-15-30)40-23-11-12-24-41(40)46-42-25-13-19-31(43(42)44)29-26-27-39-35(28-29)34-18-7-10-22-38(34)45(39)36-20-8-5-16-32(36)33-17-6-9-21-37(33)45/h2-28H,1H3. The summed E-state index contributed by atoms with van der Waals surface area (Å²) < 4.78 is 6.66. The molecule has 7 aromatic carbocycles. The first-order chi connectivity index (χ1) is 22.7. The zero-order chi connectivity index (χ0) is 30.5. The fourth-order valence-electron chi connectivity index (χ4n) is 8.93. The van der Waals surface area contributed by atoms with Gasteiger partial charge in [0.2, 0.25) is 0 Å². The first-order valence-corrected chi connectivity index (χ1v) is 16.1. The second kappa shape index (κ2) is 9.19. The van der Waals surface area contributed by atoms with Gasteiger partial charge >= 0.3 is 0 Å². The third-order valence-electron chi connectivity index (χ3n) is 10.8. The van der Waals surface area contributed by atoms with Crippen molar-refractivity contribution < 1.29 is 4.74 Å². The average molecular weight is 587 g/mol. The predicted octanol–water partition coefficient (Wildman–Crippen LogP) is 11.2. The molecule has 0 fully saturated rings. The summed E-state index contributed by atoms with van der Waals surface area (Å²) in [5.74, 6) is 1.83. The maximum atomic E-state index is 6.66. The second-order valence-electron chi connectivity index (χ2n) is 12.9. The molecule has 1 nitrogen and oxygen atoms in total. The Kier molecular flexibility index (Phi) is 5.12. The highest BCUT2D eigenvalue weighted by molar-refractivity contribution is 5.96. The molecule has 2 aliphatic carbocycles. The van der Waals surface area contributed by atoms with Crippen molar-refractivity contribution >= 4 is 0 Å². The van der Waals surface area contributed by atoms with Crippen LogP contribution in [0.5, 0.6) is 11.5 Å². The summed E-state index contributed by atoms with van der Waals surface area (Å²) in [5.41, 5.74) is 16.0. The van der Waals surface area contributed by atoms with Crippen LogP contribution in [0.15, 0.2) is 164 Å². The van der Waals surface area contributed by atoms with Crippen LogP contribution in [0.4, 0.5) is 0 Å². The maximum absolute atomic E-state index is 6.66. The lowest BCUT2D eigenvalue weighted by Gasteiger charge is -2.39. The minimum absolute atomic E-state index is 0.339.